The van der Waals surface area contributed by atoms with E-state index in [0.29, 0.717) is 5.92 Å². The largest absolute Gasteiger partial charge is 0.114 e. The molecule has 0 aliphatic heterocycles. The van der Waals surface area contributed by atoms with Crippen LogP contribution in [-0.2, 0) is 0 Å². The SMILES string of the molecule is [B]c1cccc(C(C)C)c1C. The van der Waals surface area contributed by atoms with Gasteiger partial charge >= 0.3 is 0 Å². The van der Waals surface area contributed by atoms with E-state index in [1.54, 1.807) is 0 Å². The van der Waals surface area contributed by atoms with Crippen LogP contribution < -0.4 is 5.46 Å². The van der Waals surface area contributed by atoms with Gasteiger partial charge in [0, 0.05) is 0 Å². The molecule has 11 heavy (non-hydrogen) atoms. The molecule has 0 nitrogen and oxygen atoms in total. The van der Waals surface area contributed by atoms with Crippen molar-refractivity contribution in [1.82, 2.24) is 0 Å². The summed E-state index contributed by atoms with van der Waals surface area (Å²) in [5.41, 5.74) is 3.48. The second kappa shape index (κ2) is 3.12. The lowest BCUT2D eigenvalue weighted by Gasteiger charge is -2.11. The summed E-state index contributed by atoms with van der Waals surface area (Å²) >= 11 is 0. The zero-order valence-electron chi connectivity index (χ0n) is 7.39. The fourth-order valence-electron chi connectivity index (χ4n) is 1.30. The maximum atomic E-state index is 5.76. The molecule has 0 aromatic heterocycles. The Labute approximate surface area is 70.0 Å². The predicted molar refractivity (Wildman–Crippen MR) is 50.7 cm³/mol. The maximum absolute atomic E-state index is 5.76. The highest BCUT2D eigenvalue weighted by molar-refractivity contribution is 6.33. The molecule has 0 spiro atoms. The van der Waals surface area contributed by atoms with Gasteiger partial charge < -0.3 is 0 Å². The van der Waals surface area contributed by atoms with Crippen LogP contribution in [0.1, 0.15) is 30.9 Å². The molecule has 56 valence electrons. The quantitative estimate of drug-likeness (QED) is 0.528. The number of benzene rings is 1. The van der Waals surface area contributed by atoms with E-state index >= 15 is 0 Å². The van der Waals surface area contributed by atoms with Crippen LogP contribution in [0.25, 0.3) is 0 Å². The van der Waals surface area contributed by atoms with Crippen LogP contribution >= 0.6 is 0 Å². The molecule has 0 bridgehead atoms. The summed E-state index contributed by atoms with van der Waals surface area (Å²) in [6.07, 6.45) is 0. The minimum absolute atomic E-state index is 0.568. The number of hydrogen-bond acceptors (Lipinski definition) is 0. The first kappa shape index (κ1) is 8.38. The topological polar surface area (TPSA) is 0 Å². The molecule has 0 aliphatic rings. The molecule has 0 aliphatic carbocycles. The summed E-state index contributed by atoms with van der Waals surface area (Å²) in [6.45, 7) is 6.44. The standard InChI is InChI=1S/C10H13B/c1-7(2)9-5-4-6-10(11)8(9)3/h4-7H,1-3H3. The first-order valence-electron chi connectivity index (χ1n) is 3.98. The molecule has 0 saturated carbocycles. The Morgan fingerprint density at radius 1 is 1.27 bits per heavy atom. The Morgan fingerprint density at radius 3 is 2.36 bits per heavy atom. The normalized spacial score (nSPS) is 10.5. The van der Waals surface area contributed by atoms with Gasteiger partial charge in [0.25, 0.3) is 0 Å². The van der Waals surface area contributed by atoms with Gasteiger partial charge in [-0.3, -0.25) is 0 Å². The maximum Gasteiger partial charge on any atom is 0.114 e. The molecule has 0 fully saturated rings. The van der Waals surface area contributed by atoms with Crippen molar-refractivity contribution in [1.29, 1.82) is 0 Å². The van der Waals surface area contributed by atoms with Crippen molar-refractivity contribution < 1.29 is 0 Å². The van der Waals surface area contributed by atoms with Gasteiger partial charge in [0.2, 0.25) is 0 Å². The zero-order chi connectivity index (χ0) is 8.43. The van der Waals surface area contributed by atoms with Crippen LogP contribution in [0.4, 0.5) is 0 Å². The molecule has 0 atom stereocenters. The first-order valence-corrected chi connectivity index (χ1v) is 3.98. The fourth-order valence-corrected chi connectivity index (χ4v) is 1.30. The van der Waals surface area contributed by atoms with E-state index in [2.05, 4.69) is 26.8 Å². The minimum atomic E-state index is 0.568. The molecule has 1 aromatic rings. The molecule has 0 unspecified atom stereocenters. The number of hydrogen-bond donors (Lipinski definition) is 0. The predicted octanol–water partition coefficient (Wildman–Crippen LogP) is 1.91. The van der Waals surface area contributed by atoms with Crippen LogP contribution in [0, 0.1) is 6.92 Å². The summed E-state index contributed by atoms with van der Waals surface area (Å²) in [6, 6.07) is 6.09. The van der Waals surface area contributed by atoms with Crippen molar-refractivity contribution in [2.24, 2.45) is 0 Å². The van der Waals surface area contributed by atoms with Crippen molar-refractivity contribution in [2.45, 2.75) is 26.7 Å². The molecule has 0 amide bonds. The van der Waals surface area contributed by atoms with E-state index < -0.39 is 0 Å². The van der Waals surface area contributed by atoms with E-state index in [-0.39, 0.29) is 0 Å². The Kier molecular flexibility index (Phi) is 2.38. The lowest BCUT2D eigenvalue weighted by molar-refractivity contribution is 0.858. The van der Waals surface area contributed by atoms with E-state index in [1.807, 2.05) is 12.1 Å². The average molecular weight is 144 g/mol. The first-order chi connectivity index (χ1) is 5.13. The molecule has 1 aromatic carbocycles. The summed E-state index contributed by atoms with van der Waals surface area (Å²) in [7, 11) is 5.76. The molecule has 0 saturated heterocycles. The molecule has 0 heterocycles. The number of rotatable bonds is 1. The molecular formula is C10H13B. The van der Waals surface area contributed by atoms with Crippen LogP contribution in [-0.4, -0.2) is 7.85 Å². The van der Waals surface area contributed by atoms with Crippen LogP contribution in [0.2, 0.25) is 0 Å². The van der Waals surface area contributed by atoms with E-state index in [1.165, 1.54) is 11.1 Å². The second-order valence-corrected chi connectivity index (χ2v) is 3.22. The summed E-state index contributed by atoms with van der Waals surface area (Å²) in [4.78, 5) is 0. The van der Waals surface area contributed by atoms with Crippen molar-refractivity contribution in [3.05, 3.63) is 29.3 Å². The monoisotopic (exact) mass is 144 g/mol. The third kappa shape index (κ3) is 1.65. The third-order valence-corrected chi connectivity index (χ3v) is 2.04. The Morgan fingerprint density at radius 2 is 1.91 bits per heavy atom. The van der Waals surface area contributed by atoms with Gasteiger partial charge in [-0.25, -0.2) is 0 Å². The highest BCUT2D eigenvalue weighted by atomic mass is 14.1. The van der Waals surface area contributed by atoms with E-state index in [4.69, 9.17) is 7.85 Å². The van der Waals surface area contributed by atoms with Crippen LogP contribution in [0.5, 0.6) is 0 Å². The Bertz CT molecular complexity index is 251. The van der Waals surface area contributed by atoms with E-state index in [0.717, 1.165) is 5.46 Å². The van der Waals surface area contributed by atoms with Gasteiger partial charge in [-0.05, 0) is 18.4 Å². The highest BCUT2D eigenvalue weighted by Crippen LogP contribution is 2.15. The van der Waals surface area contributed by atoms with Gasteiger partial charge in [-0.2, -0.15) is 0 Å². The summed E-state index contributed by atoms with van der Waals surface area (Å²) in [5, 5.41) is 0. The van der Waals surface area contributed by atoms with Crippen molar-refractivity contribution >= 4 is 13.3 Å². The van der Waals surface area contributed by atoms with Gasteiger partial charge in [0.1, 0.15) is 7.85 Å². The molecule has 2 radical (unpaired) electrons. The van der Waals surface area contributed by atoms with Crippen molar-refractivity contribution in [3.8, 4) is 0 Å². The van der Waals surface area contributed by atoms with Crippen molar-refractivity contribution in [3.63, 3.8) is 0 Å². The lowest BCUT2D eigenvalue weighted by atomic mass is 9.85. The third-order valence-electron chi connectivity index (χ3n) is 2.04. The van der Waals surface area contributed by atoms with E-state index in [9.17, 15) is 0 Å². The van der Waals surface area contributed by atoms with Gasteiger partial charge in [0.05, 0.1) is 0 Å². The molecular weight excluding hydrogens is 131 g/mol. The van der Waals surface area contributed by atoms with Crippen LogP contribution in [0.3, 0.4) is 0 Å². The molecule has 1 heteroatoms. The Hall–Kier alpha value is -0.715. The van der Waals surface area contributed by atoms with Gasteiger partial charge in [0.15, 0.2) is 0 Å². The zero-order valence-corrected chi connectivity index (χ0v) is 7.39. The smallest absolute Gasteiger partial charge is 0.0935 e. The molecule has 1 rings (SSSR count). The lowest BCUT2D eigenvalue weighted by Crippen LogP contribution is -2.09. The van der Waals surface area contributed by atoms with Gasteiger partial charge in [-0.15, -0.1) is 0 Å². The second-order valence-electron chi connectivity index (χ2n) is 3.22. The molecule has 0 N–H and O–H groups in total. The summed E-state index contributed by atoms with van der Waals surface area (Å²) < 4.78 is 0. The average Bonchev–Trinajstić information content (AvgIpc) is 1.94. The van der Waals surface area contributed by atoms with Crippen LogP contribution in [0.15, 0.2) is 18.2 Å². The van der Waals surface area contributed by atoms with Crippen molar-refractivity contribution in [2.75, 3.05) is 0 Å². The highest BCUT2D eigenvalue weighted by Gasteiger charge is 2.02. The fraction of sp³-hybridized carbons (Fsp3) is 0.400. The Balaban J connectivity index is 3.17. The summed E-state index contributed by atoms with van der Waals surface area (Å²) in [5.74, 6) is 0.568. The minimum Gasteiger partial charge on any atom is -0.0935 e. The van der Waals surface area contributed by atoms with Gasteiger partial charge in [-0.1, -0.05) is 43.1 Å².